The average Bonchev–Trinajstić information content (AvgIpc) is 3.08. The van der Waals surface area contributed by atoms with Crippen LogP contribution in [-0.4, -0.2) is 0 Å². The summed E-state index contributed by atoms with van der Waals surface area (Å²) in [7, 11) is 0. The molecule has 6 aromatic carbocycles. The van der Waals surface area contributed by atoms with E-state index in [9.17, 15) is 0 Å². The van der Waals surface area contributed by atoms with Crippen molar-refractivity contribution < 1.29 is 0 Å². The molecular weight excluding hydrogens is 350 g/mol. The minimum Gasteiger partial charge on any atom is -0.399 e. The van der Waals surface area contributed by atoms with Gasteiger partial charge in [0.2, 0.25) is 0 Å². The van der Waals surface area contributed by atoms with E-state index in [2.05, 4.69) is 84.9 Å². The SMILES string of the molecule is Nc1ccc2c(c1)C=c1cc3c(cc1-2)cc1cccc2cc4ccccc4c3c21. The first kappa shape index (κ1) is 15.1. The normalized spacial score (nSPS) is 12.6. The van der Waals surface area contributed by atoms with Crippen LogP contribution in [0.5, 0.6) is 0 Å². The largest absolute Gasteiger partial charge is 0.399 e. The van der Waals surface area contributed by atoms with Crippen LogP contribution in [0.4, 0.5) is 5.69 Å². The van der Waals surface area contributed by atoms with Crippen molar-refractivity contribution in [3.8, 4) is 11.1 Å². The van der Waals surface area contributed by atoms with Crippen LogP contribution in [0.15, 0.2) is 84.9 Å². The van der Waals surface area contributed by atoms with Crippen LogP contribution in [0.25, 0.3) is 60.3 Å². The van der Waals surface area contributed by atoms with Gasteiger partial charge in [-0.1, -0.05) is 48.5 Å². The van der Waals surface area contributed by atoms with E-state index in [0.29, 0.717) is 0 Å². The number of rotatable bonds is 0. The Kier molecular flexibility index (Phi) is 2.69. The molecule has 1 nitrogen and oxygen atoms in total. The number of fused-ring (bicyclic) bond motifs is 7. The lowest BCUT2D eigenvalue weighted by molar-refractivity contribution is 1.63. The van der Waals surface area contributed by atoms with Crippen molar-refractivity contribution in [1.82, 2.24) is 0 Å². The summed E-state index contributed by atoms with van der Waals surface area (Å²) in [5.74, 6) is 0. The molecule has 0 heterocycles. The summed E-state index contributed by atoms with van der Waals surface area (Å²) in [6.45, 7) is 0. The Morgan fingerprint density at radius 3 is 2.21 bits per heavy atom. The molecule has 1 aliphatic carbocycles. The van der Waals surface area contributed by atoms with Gasteiger partial charge in [-0.05, 0) is 107 Å². The van der Waals surface area contributed by atoms with Gasteiger partial charge in [0.05, 0.1) is 0 Å². The molecule has 0 fully saturated rings. The number of hydrogen-bond acceptors (Lipinski definition) is 1. The summed E-state index contributed by atoms with van der Waals surface area (Å²) < 4.78 is 0. The second kappa shape index (κ2) is 5.15. The topological polar surface area (TPSA) is 26.0 Å². The summed E-state index contributed by atoms with van der Waals surface area (Å²) >= 11 is 0. The molecule has 1 aliphatic rings. The molecule has 0 spiro atoms. The van der Waals surface area contributed by atoms with Gasteiger partial charge < -0.3 is 5.73 Å². The van der Waals surface area contributed by atoms with Crippen LogP contribution < -0.4 is 11.0 Å². The average molecular weight is 367 g/mol. The Balaban J connectivity index is 1.74. The lowest BCUT2D eigenvalue weighted by atomic mass is 9.90. The summed E-state index contributed by atoms with van der Waals surface area (Å²) in [5, 5.41) is 11.8. The summed E-state index contributed by atoms with van der Waals surface area (Å²) in [5.41, 5.74) is 10.6. The van der Waals surface area contributed by atoms with Crippen molar-refractivity contribution in [2.45, 2.75) is 0 Å². The molecule has 7 rings (SSSR count). The van der Waals surface area contributed by atoms with E-state index in [1.807, 2.05) is 6.07 Å². The summed E-state index contributed by atoms with van der Waals surface area (Å²) in [6.07, 6.45) is 2.27. The molecule has 0 unspecified atom stereocenters. The van der Waals surface area contributed by atoms with Crippen LogP contribution in [-0.2, 0) is 0 Å². The maximum atomic E-state index is 6.03. The highest BCUT2D eigenvalue weighted by Crippen LogP contribution is 2.40. The molecular formula is C28H17N. The molecule has 0 saturated heterocycles. The number of anilines is 1. The van der Waals surface area contributed by atoms with E-state index < -0.39 is 0 Å². The number of benzene rings is 6. The molecule has 6 aromatic rings. The number of nitrogens with two attached hydrogens (primary N) is 1. The Morgan fingerprint density at radius 1 is 0.517 bits per heavy atom. The standard InChI is InChI=1S/C28H17N/c29-22-8-9-23-19(13-22)12-20-15-26-21(14-25(20)23)11-18-6-3-5-17-10-16-4-1-2-7-24(16)28(26)27(17)18/h1-15H,29H2. The third kappa shape index (κ3) is 1.94. The Bertz CT molecular complexity index is 1710. The third-order valence-corrected chi connectivity index (χ3v) is 6.40. The first-order chi connectivity index (χ1) is 14.3. The zero-order chi connectivity index (χ0) is 19.1. The zero-order valence-electron chi connectivity index (χ0n) is 15.7. The molecule has 0 saturated carbocycles. The van der Waals surface area contributed by atoms with Crippen LogP contribution >= 0.6 is 0 Å². The van der Waals surface area contributed by atoms with Crippen molar-refractivity contribution >= 4 is 54.9 Å². The fourth-order valence-corrected chi connectivity index (χ4v) is 5.15. The Morgan fingerprint density at radius 2 is 1.31 bits per heavy atom. The molecule has 0 bridgehead atoms. The monoisotopic (exact) mass is 367 g/mol. The highest BCUT2D eigenvalue weighted by atomic mass is 14.5. The van der Waals surface area contributed by atoms with E-state index in [-0.39, 0.29) is 0 Å². The van der Waals surface area contributed by atoms with Crippen molar-refractivity contribution in [2.75, 3.05) is 5.73 Å². The quantitative estimate of drug-likeness (QED) is 0.187. The highest BCUT2D eigenvalue weighted by molar-refractivity contribution is 6.30. The van der Waals surface area contributed by atoms with Gasteiger partial charge in [0.1, 0.15) is 0 Å². The van der Waals surface area contributed by atoms with Gasteiger partial charge in [-0.2, -0.15) is 0 Å². The molecule has 0 aliphatic heterocycles. The minimum absolute atomic E-state index is 0.812. The molecule has 1 heteroatoms. The van der Waals surface area contributed by atoms with Gasteiger partial charge in [0.25, 0.3) is 0 Å². The molecule has 0 amide bonds. The van der Waals surface area contributed by atoms with E-state index >= 15 is 0 Å². The predicted molar refractivity (Wildman–Crippen MR) is 125 cm³/mol. The number of hydrogen-bond donors (Lipinski definition) is 1. The van der Waals surface area contributed by atoms with Crippen molar-refractivity contribution in [1.29, 1.82) is 0 Å². The summed E-state index contributed by atoms with van der Waals surface area (Å²) in [4.78, 5) is 0. The van der Waals surface area contributed by atoms with Crippen LogP contribution in [0, 0.1) is 0 Å². The second-order valence-corrected chi connectivity index (χ2v) is 8.08. The summed E-state index contributed by atoms with van der Waals surface area (Å²) in [6, 6.07) is 31.0. The maximum Gasteiger partial charge on any atom is 0.0320 e. The lowest BCUT2D eigenvalue weighted by Crippen LogP contribution is -2.00. The first-order valence-electron chi connectivity index (χ1n) is 9.98. The minimum atomic E-state index is 0.812. The van der Waals surface area contributed by atoms with Crippen molar-refractivity contribution in [3.05, 3.63) is 95.7 Å². The fourth-order valence-electron chi connectivity index (χ4n) is 5.15. The second-order valence-electron chi connectivity index (χ2n) is 8.08. The van der Waals surface area contributed by atoms with Crippen LogP contribution in [0.3, 0.4) is 0 Å². The third-order valence-electron chi connectivity index (χ3n) is 6.40. The van der Waals surface area contributed by atoms with E-state index in [0.717, 1.165) is 5.69 Å². The van der Waals surface area contributed by atoms with Gasteiger partial charge in [0.15, 0.2) is 0 Å². The van der Waals surface area contributed by atoms with Crippen molar-refractivity contribution in [3.63, 3.8) is 0 Å². The van der Waals surface area contributed by atoms with E-state index in [1.165, 1.54) is 65.0 Å². The van der Waals surface area contributed by atoms with Crippen LogP contribution in [0.1, 0.15) is 5.56 Å². The maximum absolute atomic E-state index is 6.03. The first-order valence-corrected chi connectivity index (χ1v) is 9.98. The molecule has 134 valence electrons. The number of nitrogen functional groups attached to an aromatic ring is 1. The predicted octanol–water partition coefficient (Wildman–Crippen LogP) is 6.41. The molecule has 0 atom stereocenters. The Labute approximate surface area is 167 Å². The van der Waals surface area contributed by atoms with Gasteiger partial charge in [0, 0.05) is 5.69 Å². The molecule has 0 aromatic heterocycles. The van der Waals surface area contributed by atoms with Gasteiger partial charge in [-0.3, -0.25) is 0 Å². The van der Waals surface area contributed by atoms with Crippen molar-refractivity contribution in [2.24, 2.45) is 0 Å². The Hall–Kier alpha value is -3.84. The van der Waals surface area contributed by atoms with Gasteiger partial charge in [-0.25, -0.2) is 0 Å². The van der Waals surface area contributed by atoms with E-state index in [4.69, 9.17) is 5.73 Å². The smallest absolute Gasteiger partial charge is 0.0320 e. The fraction of sp³-hybridized carbons (Fsp3) is 0. The van der Waals surface area contributed by atoms with Gasteiger partial charge >= 0.3 is 0 Å². The highest BCUT2D eigenvalue weighted by Gasteiger charge is 2.16. The van der Waals surface area contributed by atoms with Crippen LogP contribution in [0.2, 0.25) is 0 Å². The van der Waals surface area contributed by atoms with E-state index in [1.54, 1.807) is 0 Å². The molecule has 0 radical (unpaired) electrons. The lowest BCUT2D eigenvalue weighted by Gasteiger charge is -2.14. The molecule has 2 N–H and O–H groups in total. The van der Waals surface area contributed by atoms with Gasteiger partial charge in [-0.15, -0.1) is 0 Å². The zero-order valence-corrected chi connectivity index (χ0v) is 15.7. The molecule has 29 heavy (non-hydrogen) atoms.